The van der Waals surface area contributed by atoms with E-state index in [9.17, 15) is 4.79 Å². The Kier molecular flexibility index (Phi) is 2.90. The Morgan fingerprint density at radius 2 is 2.27 bits per heavy atom. The third-order valence-corrected chi connectivity index (χ3v) is 2.75. The van der Waals surface area contributed by atoms with Crippen LogP contribution in [0.5, 0.6) is 0 Å². The van der Waals surface area contributed by atoms with Crippen LogP contribution in [-0.4, -0.2) is 19.6 Å². The summed E-state index contributed by atoms with van der Waals surface area (Å²) in [6.07, 6.45) is 3.22. The van der Waals surface area contributed by atoms with Gasteiger partial charge in [0.05, 0.1) is 12.7 Å². The van der Waals surface area contributed by atoms with E-state index in [1.807, 2.05) is 18.2 Å². The predicted molar refractivity (Wildman–Crippen MR) is 59.2 cm³/mol. The van der Waals surface area contributed by atoms with Gasteiger partial charge in [-0.25, -0.2) is 4.79 Å². The third kappa shape index (κ3) is 1.96. The van der Waals surface area contributed by atoms with Crippen LogP contribution in [0.25, 0.3) is 0 Å². The highest BCUT2D eigenvalue weighted by Gasteiger charge is 2.16. The monoisotopic (exact) mass is 205 g/mol. The van der Waals surface area contributed by atoms with Crippen molar-refractivity contribution in [1.82, 2.24) is 0 Å². The minimum Gasteiger partial charge on any atom is -0.465 e. The zero-order valence-electron chi connectivity index (χ0n) is 8.88. The van der Waals surface area contributed by atoms with E-state index in [2.05, 4.69) is 5.32 Å². The van der Waals surface area contributed by atoms with Crippen LogP contribution in [0.4, 0.5) is 5.69 Å². The normalized spacial score (nSPS) is 14.7. The number of esters is 1. The summed E-state index contributed by atoms with van der Waals surface area (Å²) in [7, 11) is 1.42. The molecule has 1 aliphatic rings. The molecule has 1 N–H and O–H groups in total. The number of benzene rings is 1. The summed E-state index contributed by atoms with van der Waals surface area (Å²) < 4.78 is 4.78. The number of rotatable bonds is 1. The summed E-state index contributed by atoms with van der Waals surface area (Å²) in [5, 5.41) is 3.34. The molecule has 2 rings (SSSR count). The van der Waals surface area contributed by atoms with Crippen molar-refractivity contribution in [2.75, 3.05) is 19.0 Å². The van der Waals surface area contributed by atoms with Crippen LogP contribution in [0.15, 0.2) is 18.2 Å². The molecule has 0 aromatic heterocycles. The lowest BCUT2D eigenvalue weighted by atomic mass is 10.0. The first-order chi connectivity index (χ1) is 7.33. The van der Waals surface area contributed by atoms with Gasteiger partial charge in [-0.05, 0) is 37.0 Å². The quantitative estimate of drug-likeness (QED) is 0.714. The Labute approximate surface area is 89.4 Å². The van der Waals surface area contributed by atoms with Crippen molar-refractivity contribution in [3.05, 3.63) is 29.3 Å². The van der Waals surface area contributed by atoms with Gasteiger partial charge in [-0.15, -0.1) is 0 Å². The van der Waals surface area contributed by atoms with E-state index < -0.39 is 0 Å². The van der Waals surface area contributed by atoms with E-state index in [-0.39, 0.29) is 5.97 Å². The number of hydrogen-bond donors (Lipinski definition) is 1. The number of carbonyl (C=O) groups excluding carboxylic acids is 1. The second-order valence-electron chi connectivity index (χ2n) is 3.71. The first-order valence-electron chi connectivity index (χ1n) is 5.27. The SMILES string of the molecule is COC(=O)c1cccc2c1CCCCN2. The highest BCUT2D eigenvalue weighted by atomic mass is 16.5. The fraction of sp³-hybridized carbons (Fsp3) is 0.417. The van der Waals surface area contributed by atoms with Crippen LogP contribution in [-0.2, 0) is 11.2 Å². The Bertz CT molecular complexity index is 374. The first-order valence-corrected chi connectivity index (χ1v) is 5.27. The van der Waals surface area contributed by atoms with Crippen LogP contribution in [0, 0.1) is 0 Å². The molecule has 1 aromatic carbocycles. The van der Waals surface area contributed by atoms with Gasteiger partial charge in [0, 0.05) is 12.2 Å². The summed E-state index contributed by atoms with van der Waals surface area (Å²) in [6.45, 7) is 0.984. The van der Waals surface area contributed by atoms with Gasteiger partial charge in [0.25, 0.3) is 0 Å². The summed E-state index contributed by atoms with van der Waals surface area (Å²) in [4.78, 5) is 11.5. The average molecular weight is 205 g/mol. The smallest absolute Gasteiger partial charge is 0.338 e. The second kappa shape index (κ2) is 4.34. The molecule has 1 heterocycles. The molecule has 0 amide bonds. The van der Waals surface area contributed by atoms with Crippen molar-refractivity contribution in [3.63, 3.8) is 0 Å². The molecule has 0 radical (unpaired) electrons. The summed E-state index contributed by atoms with van der Waals surface area (Å²) in [5.74, 6) is -0.240. The minimum atomic E-state index is -0.240. The average Bonchev–Trinajstić information content (AvgIpc) is 2.52. The van der Waals surface area contributed by atoms with E-state index >= 15 is 0 Å². The number of hydrogen-bond acceptors (Lipinski definition) is 3. The molecular formula is C12H15NO2. The molecule has 3 nitrogen and oxygen atoms in total. The molecule has 0 aliphatic carbocycles. The number of carbonyl (C=O) groups is 1. The molecule has 0 fully saturated rings. The number of nitrogens with one attached hydrogen (secondary N) is 1. The lowest BCUT2D eigenvalue weighted by molar-refractivity contribution is 0.0599. The zero-order chi connectivity index (χ0) is 10.7. The van der Waals surface area contributed by atoms with E-state index in [4.69, 9.17) is 4.74 Å². The Morgan fingerprint density at radius 3 is 3.07 bits per heavy atom. The van der Waals surface area contributed by atoms with E-state index in [1.165, 1.54) is 7.11 Å². The first kappa shape index (κ1) is 10.0. The summed E-state index contributed by atoms with van der Waals surface area (Å²) in [6, 6.07) is 5.74. The predicted octanol–water partition coefficient (Wildman–Crippen LogP) is 2.22. The number of ether oxygens (including phenoxy) is 1. The topological polar surface area (TPSA) is 38.3 Å². The molecule has 1 aromatic rings. The van der Waals surface area contributed by atoms with E-state index in [1.54, 1.807) is 0 Å². The summed E-state index contributed by atoms with van der Waals surface area (Å²) in [5.41, 5.74) is 2.88. The standard InChI is InChI=1S/C12H15NO2/c1-15-12(14)10-6-4-7-11-9(10)5-2-3-8-13-11/h4,6-7,13H,2-3,5,8H2,1H3. The Balaban J connectivity index is 2.43. The van der Waals surface area contributed by atoms with Gasteiger partial charge < -0.3 is 10.1 Å². The number of methoxy groups -OCH3 is 1. The molecule has 0 unspecified atom stereocenters. The maximum absolute atomic E-state index is 11.5. The summed E-state index contributed by atoms with van der Waals surface area (Å²) >= 11 is 0. The van der Waals surface area contributed by atoms with Gasteiger partial charge in [0.1, 0.15) is 0 Å². The largest absolute Gasteiger partial charge is 0.465 e. The molecule has 0 spiro atoms. The molecule has 80 valence electrons. The van der Waals surface area contributed by atoms with E-state index in [0.29, 0.717) is 5.56 Å². The van der Waals surface area contributed by atoms with Crippen LogP contribution in [0.2, 0.25) is 0 Å². The van der Waals surface area contributed by atoms with Gasteiger partial charge >= 0.3 is 5.97 Å². The molecular weight excluding hydrogens is 190 g/mol. The van der Waals surface area contributed by atoms with Crippen LogP contribution in [0.1, 0.15) is 28.8 Å². The van der Waals surface area contributed by atoms with Crippen molar-refractivity contribution < 1.29 is 9.53 Å². The van der Waals surface area contributed by atoms with Gasteiger partial charge in [0.15, 0.2) is 0 Å². The lowest BCUT2D eigenvalue weighted by Crippen LogP contribution is -2.07. The van der Waals surface area contributed by atoms with Crippen molar-refractivity contribution in [3.8, 4) is 0 Å². The second-order valence-corrected chi connectivity index (χ2v) is 3.71. The maximum atomic E-state index is 11.5. The molecule has 3 heteroatoms. The van der Waals surface area contributed by atoms with Crippen molar-refractivity contribution in [1.29, 1.82) is 0 Å². The van der Waals surface area contributed by atoms with Crippen LogP contribution in [0.3, 0.4) is 0 Å². The highest BCUT2D eigenvalue weighted by molar-refractivity contribution is 5.92. The number of anilines is 1. The minimum absolute atomic E-state index is 0.240. The molecule has 15 heavy (non-hydrogen) atoms. The van der Waals surface area contributed by atoms with Gasteiger partial charge in [-0.1, -0.05) is 6.07 Å². The molecule has 0 saturated heterocycles. The fourth-order valence-electron chi connectivity index (χ4n) is 1.97. The molecule has 0 bridgehead atoms. The highest BCUT2D eigenvalue weighted by Crippen LogP contribution is 2.25. The van der Waals surface area contributed by atoms with Crippen LogP contribution < -0.4 is 5.32 Å². The lowest BCUT2D eigenvalue weighted by Gasteiger charge is -2.11. The van der Waals surface area contributed by atoms with Crippen molar-refractivity contribution in [2.24, 2.45) is 0 Å². The maximum Gasteiger partial charge on any atom is 0.338 e. The van der Waals surface area contributed by atoms with E-state index in [0.717, 1.165) is 37.1 Å². The molecule has 0 saturated carbocycles. The Hall–Kier alpha value is -1.51. The van der Waals surface area contributed by atoms with Gasteiger partial charge in [0.2, 0.25) is 0 Å². The zero-order valence-corrected chi connectivity index (χ0v) is 8.88. The van der Waals surface area contributed by atoms with Crippen LogP contribution >= 0.6 is 0 Å². The van der Waals surface area contributed by atoms with Crippen molar-refractivity contribution >= 4 is 11.7 Å². The fourth-order valence-corrected chi connectivity index (χ4v) is 1.97. The number of fused-ring (bicyclic) bond motifs is 1. The van der Waals surface area contributed by atoms with Gasteiger partial charge in [-0.3, -0.25) is 0 Å². The Morgan fingerprint density at radius 1 is 1.40 bits per heavy atom. The van der Waals surface area contributed by atoms with Gasteiger partial charge in [-0.2, -0.15) is 0 Å². The third-order valence-electron chi connectivity index (χ3n) is 2.75. The molecule has 0 atom stereocenters. The molecule has 1 aliphatic heterocycles. The van der Waals surface area contributed by atoms with Crippen molar-refractivity contribution in [2.45, 2.75) is 19.3 Å².